The number of carboxylic acid groups (broad SMARTS) is 4. The number of carboxylic acids is 4. The fraction of sp³-hybridized carbons (Fsp3) is 0.344. The number of benzene rings is 2. The molecular formula is C32H39N7O11. The van der Waals surface area contributed by atoms with E-state index in [0.717, 1.165) is 10.9 Å². The van der Waals surface area contributed by atoms with Crippen LogP contribution in [0, 0.1) is 6.92 Å². The van der Waals surface area contributed by atoms with Gasteiger partial charge in [-0.05, 0) is 42.3 Å². The van der Waals surface area contributed by atoms with Crippen LogP contribution in [0.3, 0.4) is 0 Å². The Labute approximate surface area is 285 Å². The van der Waals surface area contributed by atoms with Gasteiger partial charge in [-0.1, -0.05) is 18.2 Å². The van der Waals surface area contributed by atoms with Crippen LogP contribution in [0.1, 0.15) is 17.2 Å². The number of nitrogen functional groups attached to an aromatic ring is 1. The number of fused-ring (bicyclic) bond motifs is 1. The second-order valence-electron chi connectivity index (χ2n) is 11.5. The average Bonchev–Trinajstić information content (AvgIpc) is 3.00. The molecule has 0 radical (unpaired) electrons. The maximum absolute atomic E-state index is 12.9. The lowest BCUT2D eigenvalue weighted by Gasteiger charge is -2.28. The first-order valence-corrected chi connectivity index (χ1v) is 15.2. The van der Waals surface area contributed by atoms with E-state index < -0.39 is 67.9 Å². The molecule has 2 aromatic carbocycles. The monoisotopic (exact) mass is 697 g/mol. The van der Waals surface area contributed by atoms with Gasteiger partial charge in [0, 0.05) is 49.0 Å². The van der Waals surface area contributed by atoms with Crippen molar-refractivity contribution in [2.45, 2.75) is 13.0 Å². The van der Waals surface area contributed by atoms with E-state index in [1.807, 2.05) is 0 Å². The molecule has 0 aliphatic rings. The van der Waals surface area contributed by atoms with Gasteiger partial charge < -0.3 is 41.8 Å². The summed E-state index contributed by atoms with van der Waals surface area (Å²) in [5.41, 5.74) is 7.55. The molecule has 1 unspecified atom stereocenters. The number of aliphatic carboxylic acids is 4. The Hall–Kier alpha value is -5.85. The van der Waals surface area contributed by atoms with E-state index in [9.17, 15) is 54.0 Å². The molecule has 0 saturated carbocycles. The number of pyridine rings is 1. The summed E-state index contributed by atoms with van der Waals surface area (Å²) in [5.74, 6) is -6.48. The van der Waals surface area contributed by atoms with E-state index in [0.29, 0.717) is 16.9 Å². The fourth-order valence-electron chi connectivity index (χ4n) is 5.14. The Morgan fingerprint density at radius 2 is 1.24 bits per heavy atom. The highest BCUT2D eigenvalue weighted by molar-refractivity contribution is 5.95. The van der Waals surface area contributed by atoms with Gasteiger partial charge in [-0.15, -0.1) is 0 Å². The van der Waals surface area contributed by atoms with Crippen molar-refractivity contribution < 1.29 is 49.2 Å². The molecule has 0 spiro atoms. The number of aromatic amines is 1. The number of nitrogens with zero attached hydrogens (tertiary/aromatic N) is 3. The molecule has 3 aromatic rings. The number of H-pyrrole nitrogens is 1. The SMILES string of the molecule is Cc1cc(=O)[nH]c2cc(NC(=O)CN(CCN(CCN(CC(=O)O)CC(=O)NC(C(=O)O)c3ccc(N)cc3)CC(=O)O)CC(=O)O)ccc12. The first kappa shape index (κ1) is 38.6. The van der Waals surface area contributed by atoms with Gasteiger partial charge >= 0.3 is 23.9 Å². The highest BCUT2D eigenvalue weighted by Crippen LogP contribution is 2.19. The number of rotatable bonds is 20. The van der Waals surface area contributed by atoms with Crippen LogP contribution in [0.4, 0.5) is 11.4 Å². The normalized spacial score (nSPS) is 11.8. The number of hydrogen-bond donors (Lipinski definition) is 8. The largest absolute Gasteiger partial charge is 0.480 e. The van der Waals surface area contributed by atoms with Crippen molar-refractivity contribution in [2.75, 3.05) is 70.0 Å². The van der Waals surface area contributed by atoms with Crippen LogP contribution in [-0.2, 0) is 28.8 Å². The zero-order valence-corrected chi connectivity index (χ0v) is 27.1. The molecule has 50 heavy (non-hydrogen) atoms. The predicted octanol–water partition coefficient (Wildman–Crippen LogP) is -0.541. The van der Waals surface area contributed by atoms with E-state index in [1.165, 1.54) is 45.0 Å². The van der Waals surface area contributed by atoms with Crippen LogP contribution < -0.4 is 21.9 Å². The third-order valence-corrected chi connectivity index (χ3v) is 7.43. The lowest BCUT2D eigenvalue weighted by atomic mass is 10.1. The highest BCUT2D eigenvalue weighted by atomic mass is 16.4. The molecule has 268 valence electrons. The number of amides is 2. The molecule has 2 amide bonds. The van der Waals surface area contributed by atoms with Crippen LogP contribution in [-0.4, -0.2) is 135 Å². The minimum Gasteiger partial charge on any atom is -0.480 e. The second-order valence-corrected chi connectivity index (χ2v) is 11.5. The van der Waals surface area contributed by atoms with Crippen LogP contribution in [0.15, 0.2) is 53.3 Å². The summed E-state index contributed by atoms with van der Waals surface area (Å²) in [4.78, 5) is 90.6. The molecule has 0 aliphatic carbocycles. The van der Waals surface area contributed by atoms with Crippen LogP contribution in [0.2, 0.25) is 0 Å². The maximum atomic E-state index is 12.9. The average molecular weight is 698 g/mol. The van der Waals surface area contributed by atoms with Crippen LogP contribution >= 0.6 is 0 Å². The third kappa shape index (κ3) is 12.6. The summed E-state index contributed by atoms with van der Waals surface area (Å²) in [7, 11) is 0. The lowest BCUT2D eigenvalue weighted by Crippen LogP contribution is -2.47. The Morgan fingerprint density at radius 1 is 0.720 bits per heavy atom. The van der Waals surface area contributed by atoms with E-state index in [-0.39, 0.29) is 43.8 Å². The molecule has 0 saturated heterocycles. The molecule has 3 rings (SSSR count). The molecule has 0 fully saturated rings. The van der Waals surface area contributed by atoms with Crippen LogP contribution in [0.5, 0.6) is 0 Å². The Morgan fingerprint density at radius 3 is 1.78 bits per heavy atom. The number of carbonyl (C=O) groups excluding carboxylic acids is 2. The summed E-state index contributed by atoms with van der Waals surface area (Å²) in [6, 6.07) is 10.7. The Kier molecular flexibility index (Phi) is 13.9. The van der Waals surface area contributed by atoms with E-state index in [2.05, 4.69) is 15.6 Å². The molecule has 0 bridgehead atoms. The molecule has 9 N–H and O–H groups in total. The maximum Gasteiger partial charge on any atom is 0.330 e. The van der Waals surface area contributed by atoms with Crippen molar-refractivity contribution in [1.82, 2.24) is 25.0 Å². The van der Waals surface area contributed by atoms with E-state index >= 15 is 0 Å². The smallest absolute Gasteiger partial charge is 0.330 e. The highest BCUT2D eigenvalue weighted by Gasteiger charge is 2.25. The minimum absolute atomic E-state index is 0.0469. The fourth-order valence-corrected chi connectivity index (χ4v) is 5.14. The van der Waals surface area contributed by atoms with Crippen molar-refractivity contribution in [3.05, 3.63) is 70.0 Å². The molecule has 1 aromatic heterocycles. The quantitative estimate of drug-likeness (QED) is 0.0689. The minimum atomic E-state index is -1.44. The number of aromatic nitrogens is 1. The van der Waals surface area contributed by atoms with E-state index in [4.69, 9.17) is 5.73 Å². The Balaban J connectivity index is 1.64. The first-order chi connectivity index (χ1) is 23.6. The molecule has 18 heteroatoms. The van der Waals surface area contributed by atoms with Crippen molar-refractivity contribution in [2.24, 2.45) is 0 Å². The molecule has 0 aliphatic heterocycles. The van der Waals surface area contributed by atoms with Crippen LogP contribution in [0.25, 0.3) is 10.9 Å². The number of nitrogens with two attached hydrogens (primary N) is 1. The second kappa shape index (κ2) is 18.1. The van der Waals surface area contributed by atoms with E-state index in [1.54, 1.807) is 25.1 Å². The summed E-state index contributed by atoms with van der Waals surface area (Å²) >= 11 is 0. The van der Waals surface area contributed by atoms with Gasteiger partial charge in [0.2, 0.25) is 17.4 Å². The Bertz CT molecular complexity index is 1780. The zero-order valence-electron chi connectivity index (χ0n) is 27.1. The van der Waals surface area contributed by atoms with Gasteiger partial charge in [-0.25, -0.2) is 4.79 Å². The van der Waals surface area contributed by atoms with Crippen molar-refractivity contribution >= 4 is 58.0 Å². The molecule has 1 atom stereocenters. The standard InChI is InChI=1S/C32H39N7O11/c1-19-12-25(40)35-24-13-22(6-7-23(19)24)34-26(41)14-38(17-29(45)46)10-8-37(16-28(43)44)9-11-39(18-30(47)48)15-27(42)36-31(32(49)50)20-2-4-21(33)5-3-20/h2-7,12-13,31H,8-11,14-18,33H2,1H3,(H,34,41)(H,35,40)(H,36,42)(H,43,44)(H,45,46)(H,47,48)(H,49,50). The first-order valence-electron chi connectivity index (χ1n) is 15.2. The van der Waals surface area contributed by atoms with Gasteiger partial charge in [0.25, 0.3) is 0 Å². The zero-order chi connectivity index (χ0) is 37.0. The molecule has 1 heterocycles. The van der Waals surface area contributed by atoms with Gasteiger partial charge in [-0.3, -0.25) is 43.5 Å². The van der Waals surface area contributed by atoms with Gasteiger partial charge in [-0.2, -0.15) is 0 Å². The van der Waals surface area contributed by atoms with Crippen molar-refractivity contribution in [3.63, 3.8) is 0 Å². The van der Waals surface area contributed by atoms with Gasteiger partial charge in [0.15, 0.2) is 6.04 Å². The predicted molar refractivity (Wildman–Crippen MR) is 180 cm³/mol. The number of anilines is 2. The number of carbonyl (C=O) groups is 6. The summed E-state index contributed by atoms with van der Waals surface area (Å²) < 4.78 is 0. The molecule has 18 nitrogen and oxygen atoms in total. The summed E-state index contributed by atoms with van der Waals surface area (Å²) in [6.45, 7) is -1.15. The van der Waals surface area contributed by atoms with Gasteiger partial charge in [0.05, 0.1) is 38.2 Å². The number of nitrogens with one attached hydrogen (secondary N) is 3. The summed E-state index contributed by atoms with van der Waals surface area (Å²) in [6.07, 6.45) is 0. The number of hydrogen-bond acceptors (Lipinski definition) is 11. The number of aryl methyl sites for hydroxylation is 1. The lowest BCUT2D eigenvalue weighted by molar-refractivity contribution is -0.143. The van der Waals surface area contributed by atoms with Crippen molar-refractivity contribution in [1.29, 1.82) is 0 Å². The van der Waals surface area contributed by atoms with Crippen molar-refractivity contribution in [3.8, 4) is 0 Å². The van der Waals surface area contributed by atoms with Gasteiger partial charge in [0.1, 0.15) is 0 Å². The summed E-state index contributed by atoms with van der Waals surface area (Å²) in [5, 5.41) is 43.7. The topological polar surface area (TPSA) is 276 Å². The molecular weight excluding hydrogens is 658 g/mol. The third-order valence-electron chi connectivity index (χ3n) is 7.43.